The molecular formula is C12H27O4P. The molecule has 0 unspecified atom stereocenters. The standard InChI is InChI=1S/C12H27O4P/c1-4-5-6-7-8-9-12(10-11(2)3)16-17(13,14)15/h11-12H,4-10H2,1-3H3,(H2,13,14,15)/t12-/m1/s1. The van der Waals surface area contributed by atoms with E-state index in [0.29, 0.717) is 12.3 Å². The van der Waals surface area contributed by atoms with Crippen LogP contribution < -0.4 is 0 Å². The van der Waals surface area contributed by atoms with E-state index < -0.39 is 7.82 Å². The smallest absolute Gasteiger partial charge is 0.303 e. The molecule has 0 aliphatic heterocycles. The van der Waals surface area contributed by atoms with Crippen molar-refractivity contribution >= 4 is 7.82 Å². The third-order valence-corrected chi connectivity index (χ3v) is 3.22. The third kappa shape index (κ3) is 12.4. The summed E-state index contributed by atoms with van der Waals surface area (Å²) in [5, 5.41) is 0. The average Bonchev–Trinajstić information content (AvgIpc) is 2.13. The van der Waals surface area contributed by atoms with Crippen LogP contribution in [0.3, 0.4) is 0 Å². The van der Waals surface area contributed by atoms with Crippen molar-refractivity contribution in [3.05, 3.63) is 0 Å². The number of phosphoric ester groups is 1. The Morgan fingerprint density at radius 1 is 1.12 bits per heavy atom. The van der Waals surface area contributed by atoms with E-state index in [9.17, 15) is 4.57 Å². The Bertz CT molecular complexity index is 225. The molecule has 0 saturated carbocycles. The van der Waals surface area contributed by atoms with Crippen LogP contribution in [0.15, 0.2) is 0 Å². The first-order chi connectivity index (χ1) is 7.85. The largest absolute Gasteiger partial charge is 0.469 e. The maximum atomic E-state index is 10.8. The molecule has 0 aliphatic carbocycles. The van der Waals surface area contributed by atoms with E-state index in [-0.39, 0.29) is 6.10 Å². The fourth-order valence-electron chi connectivity index (χ4n) is 1.91. The first-order valence-corrected chi connectivity index (χ1v) is 8.12. The van der Waals surface area contributed by atoms with E-state index in [1.54, 1.807) is 0 Å². The van der Waals surface area contributed by atoms with Crippen LogP contribution in [0.2, 0.25) is 0 Å². The first kappa shape index (κ1) is 17.1. The van der Waals surface area contributed by atoms with Crippen molar-refractivity contribution in [2.24, 2.45) is 5.92 Å². The fraction of sp³-hybridized carbons (Fsp3) is 1.00. The molecule has 104 valence electrons. The molecule has 0 heterocycles. The molecule has 2 N–H and O–H groups in total. The zero-order chi connectivity index (χ0) is 13.3. The summed E-state index contributed by atoms with van der Waals surface area (Å²) in [6.07, 6.45) is 6.87. The highest BCUT2D eigenvalue weighted by molar-refractivity contribution is 7.46. The molecule has 0 rings (SSSR count). The molecule has 0 spiro atoms. The minimum Gasteiger partial charge on any atom is -0.303 e. The molecule has 0 bridgehead atoms. The molecule has 0 saturated heterocycles. The number of rotatable bonds is 10. The molecule has 4 nitrogen and oxygen atoms in total. The summed E-state index contributed by atoms with van der Waals surface area (Å²) in [7, 11) is -4.34. The second-order valence-electron chi connectivity index (χ2n) is 5.05. The van der Waals surface area contributed by atoms with Gasteiger partial charge in [-0.1, -0.05) is 52.9 Å². The van der Waals surface area contributed by atoms with Gasteiger partial charge in [-0.3, -0.25) is 4.52 Å². The van der Waals surface area contributed by atoms with Gasteiger partial charge in [-0.15, -0.1) is 0 Å². The van der Waals surface area contributed by atoms with Crippen LogP contribution in [-0.4, -0.2) is 15.9 Å². The quantitative estimate of drug-likeness (QED) is 0.465. The number of hydrogen-bond acceptors (Lipinski definition) is 2. The summed E-state index contributed by atoms with van der Waals surface area (Å²) in [6.45, 7) is 6.23. The summed E-state index contributed by atoms with van der Waals surface area (Å²) < 4.78 is 15.7. The van der Waals surface area contributed by atoms with Gasteiger partial charge in [-0.25, -0.2) is 4.57 Å². The van der Waals surface area contributed by atoms with Gasteiger partial charge >= 0.3 is 7.82 Å². The van der Waals surface area contributed by atoms with Gasteiger partial charge in [0, 0.05) is 0 Å². The Balaban J connectivity index is 3.90. The summed E-state index contributed by atoms with van der Waals surface area (Å²) in [5.41, 5.74) is 0. The van der Waals surface area contributed by atoms with Gasteiger partial charge in [0.2, 0.25) is 0 Å². The molecule has 5 heteroatoms. The van der Waals surface area contributed by atoms with Gasteiger partial charge in [0.15, 0.2) is 0 Å². The van der Waals surface area contributed by atoms with Crippen LogP contribution in [0, 0.1) is 5.92 Å². The highest BCUT2D eigenvalue weighted by Gasteiger charge is 2.22. The molecular weight excluding hydrogens is 239 g/mol. The molecule has 0 aromatic rings. The van der Waals surface area contributed by atoms with Crippen molar-refractivity contribution in [3.8, 4) is 0 Å². The van der Waals surface area contributed by atoms with Crippen molar-refractivity contribution in [3.63, 3.8) is 0 Å². The molecule has 0 aromatic heterocycles. The van der Waals surface area contributed by atoms with Gasteiger partial charge in [0.05, 0.1) is 6.10 Å². The predicted octanol–water partition coefficient (Wildman–Crippen LogP) is 3.87. The van der Waals surface area contributed by atoms with E-state index >= 15 is 0 Å². The second-order valence-corrected chi connectivity index (χ2v) is 6.24. The van der Waals surface area contributed by atoms with Crippen molar-refractivity contribution < 1.29 is 18.9 Å². The molecule has 0 fully saturated rings. The van der Waals surface area contributed by atoms with Crippen LogP contribution in [0.5, 0.6) is 0 Å². The van der Waals surface area contributed by atoms with Gasteiger partial charge in [0.1, 0.15) is 0 Å². The van der Waals surface area contributed by atoms with Gasteiger partial charge < -0.3 is 9.79 Å². The van der Waals surface area contributed by atoms with Crippen LogP contribution in [0.4, 0.5) is 0 Å². The van der Waals surface area contributed by atoms with E-state index in [1.165, 1.54) is 19.3 Å². The van der Waals surface area contributed by atoms with Crippen LogP contribution in [-0.2, 0) is 9.09 Å². The van der Waals surface area contributed by atoms with Crippen molar-refractivity contribution in [1.82, 2.24) is 0 Å². The number of unbranched alkanes of at least 4 members (excludes halogenated alkanes) is 4. The normalized spacial score (nSPS) is 14.2. The highest BCUT2D eigenvalue weighted by Crippen LogP contribution is 2.40. The molecule has 1 atom stereocenters. The summed E-state index contributed by atoms with van der Waals surface area (Å²) >= 11 is 0. The molecule has 0 aliphatic rings. The Kier molecular flexibility index (Phi) is 9.15. The lowest BCUT2D eigenvalue weighted by Crippen LogP contribution is -2.14. The van der Waals surface area contributed by atoms with Crippen LogP contribution in [0.25, 0.3) is 0 Å². The van der Waals surface area contributed by atoms with Crippen molar-refractivity contribution in [2.45, 2.75) is 71.8 Å². The highest BCUT2D eigenvalue weighted by atomic mass is 31.2. The zero-order valence-corrected chi connectivity index (χ0v) is 12.2. The third-order valence-electron chi connectivity index (χ3n) is 2.65. The monoisotopic (exact) mass is 266 g/mol. The topological polar surface area (TPSA) is 66.8 Å². The van der Waals surface area contributed by atoms with Crippen LogP contribution in [0.1, 0.15) is 65.7 Å². The van der Waals surface area contributed by atoms with Crippen LogP contribution >= 0.6 is 7.82 Å². The number of hydrogen-bond donors (Lipinski definition) is 2. The molecule has 0 amide bonds. The molecule has 0 radical (unpaired) electrons. The Hall–Kier alpha value is 0.110. The van der Waals surface area contributed by atoms with Gasteiger partial charge in [0.25, 0.3) is 0 Å². The lowest BCUT2D eigenvalue weighted by molar-refractivity contribution is 0.108. The predicted molar refractivity (Wildman–Crippen MR) is 69.7 cm³/mol. The van der Waals surface area contributed by atoms with Crippen molar-refractivity contribution in [1.29, 1.82) is 0 Å². The summed E-state index contributed by atoms with van der Waals surface area (Å²) in [6, 6.07) is 0. The minimum absolute atomic E-state index is 0.308. The Labute approximate surface area is 105 Å². The van der Waals surface area contributed by atoms with E-state index in [4.69, 9.17) is 14.3 Å². The maximum Gasteiger partial charge on any atom is 0.469 e. The molecule has 0 aromatic carbocycles. The molecule has 17 heavy (non-hydrogen) atoms. The van der Waals surface area contributed by atoms with Gasteiger partial charge in [-0.2, -0.15) is 0 Å². The average molecular weight is 266 g/mol. The summed E-state index contributed by atoms with van der Waals surface area (Å²) in [5.74, 6) is 0.391. The zero-order valence-electron chi connectivity index (χ0n) is 11.3. The number of phosphoric acid groups is 1. The maximum absolute atomic E-state index is 10.8. The summed E-state index contributed by atoms with van der Waals surface area (Å²) in [4.78, 5) is 17.7. The van der Waals surface area contributed by atoms with Gasteiger partial charge in [-0.05, 0) is 18.8 Å². The lowest BCUT2D eigenvalue weighted by Gasteiger charge is -2.19. The second kappa shape index (κ2) is 9.09. The van der Waals surface area contributed by atoms with E-state index in [0.717, 1.165) is 19.3 Å². The Morgan fingerprint density at radius 2 is 1.71 bits per heavy atom. The van der Waals surface area contributed by atoms with E-state index in [1.807, 2.05) is 13.8 Å². The Morgan fingerprint density at radius 3 is 2.18 bits per heavy atom. The first-order valence-electron chi connectivity index (χ1n) is 6.59. The lowest BCUT2D eigenvalue weighted by atomic mass is 10.0. The van der Waals surface area contributed by atoms with E-state index in [2.05, 4.69) is 6.92 Å². The van der Waals surface area contributed by atoms with Crippen molar-refractivity contribution in [2.75, 3.05) is 0 Å². The minimum atomic E-state index is -4.34. The fourth-order valence-corrected chi connectivity index (χ4v) is 2.49. The SMILES string of the molecule is CCCCCCC[C@H](CC(C)C)OP(=O)(O)O.